The van der Waals surface area contributed by atoms with Gasteiger partial charge >= 0.3 is 0 Å². The van der Waals surface area contributed by atoms with E-state index >= 15 is 0 Å². The summed E-state index contributed by atoms with van der Waals surface area (Å²) in [5, 5.41) is 32.6. The number of aliphatic hydroxyl groups is 1. The molecule has 0 aromatic heterocycles. The molecule has 1 saturated heterocycles. The second-order valence-corrected chi connectivity index (χ2v) is 6.89. The molecule has 27 heavy (non-hydrogen) atoms. The second-order valence-electron chi connectivity index (χ2n) is 6.89. The molecule has 140 valence electrons. The monoisotopic (exact) mass is 370 g/mol. The highest BCUT2D eigenvalue weighted by Gasteiger charge is 2.39. The van der Waals surface area contributed by atoms with Gasteiger partial charge in [0.1, 0.15) is 23.3 Å². The number of benzene rings is 2. The number of phenolic OH excluding ortho intramolecular Hbond substituents is 2. The van der Waals surface area contributed by atoms with Crippen molar-refractivity contribution in [3.63, 3.8) is 0 Å². The zero-order valence-corrected chi connectivity index (χ0v) is 14.8. The topological polar surface area (TPSA) is 121 Å². The summed E-state index contributed by atoms with van der Waals surface area (Å²) < 4.78 is 5.41. The first kappa shape index (κ1) is 17.5. The molecule has 0 saturated carbocycles. The molecule has 0 bridgehead atoms. The Balaban J connectivity index is 1.97. The molecule has 2 aromatic carbocycles. The largest absolute Gasteiger partial charge is 0.507 e. The molecule has 1 fully saturated rings. The fourth-order valence-corrected chi connectivity index (χ4v) is 4.10. The second kappa shape index (κ2) is 6.37. The Morgan fingerprint density at radius 1 is 1.11 bits per heavy atom. The van der Waals surface area contributed by atoms with Crippen LogP contribution in [0.3, 0.4) is 0 Å². The first-order chi connectivity index (χ1) is 13.0. The normalized spacial score (nSPS) is 18.4. The first-order valence-electron chi connectivity index (χ1n) is 8.81. The van der Waals surface area contributed by atoms with Crippen molar-refractivity contribution in [1.82, 2.24) is 0 Å². The lowest BCUT2D eigenvalue weighted by Crippen LogP contribution is -2.81. The third-order valence-corrected chi connectivity index (χ3v) is 5.37. The number of rotatable bonds is 3. The van der Waals surface area contributed by atoms with Gasteiger partial charge in [-0.05, 0) is 23.8 Å². The van der Waals surface area contributed by atoms with E-state index in [1.165, 1.54) is 25.3 Å². The van der Waals surface area contributed by atoms with Crippen LogP contribution < -0.4 is 10.1 Å². The standard InChI is InChI=1S/C20H19NO6/c1-27-14-7-11-16(20(26)17(14)12-3-2-4-21-12)19(25)15-10(18(11)24)5-9(8-22)6-13(15)23/h5-7,12,21-23,26H,2-4,8H2,1H3/p+1. The quantitative estimate of drug-likeness (QED) is 0.541. The smallest absolute Gasteiger partial charge is 0.201 e. The number of quaternary nitrogens is 1. The van der Waals surface area contributed by atoms with Crippen LogP contribution in [-0.2, 0) is 6.61 Å². The van der Waals surface area contributed by atoms with Crippen LogP contribution in [0.4, 0.5) is 0 Å². The molecular formula is C20H20NO6+. The number of aliphatic hydroxyl groups excluding tert-OH is 1. The van der Waals surface area contributed by atoms with E-state index in [0.29, 0.717) is 16.9 Å². The zero-order valence-electron chi connectivity index (χ0n) is 14.8. The summed E-state index contributed by atoms with van der Waals surface area (Å²) in [4.78, 5) is 26.1. The number of aromatic hydroxyl groups is 2. The van der Waals surface area contributed by atoms with Gasteiger partial charge in [0.15, 0.2) is 5.78 Å². The van der Waals surface area contributed by atoms with E-state index in [9.17, 15) is 24.9 Å². The van der Waals surface area contributed by atoms with Gasteiger partial charge in [-0.15, -0.1) is 0 Å². The maximum absolute atomic E-state index is 13.1. The summed E-state index contributed by atoms with van der Waals surface area (Å²) in [5.74, 6) is -1.39. The lowest BCUT2D eigenvalue weighted by atomic mass is 9.80. The van der Waals surface area contributed by atoms with Crippen LogP contribution in [0, 0.1) is 0 Å². The third kappa shape index (κ3) is 2.50. The molecule has 5 N–H and O–H groups in total. The molecule has 2 aromatic rings. The highest BCUT2D eigenvalue weighted by atomic mass is 16.5. The molecule has 1 aliphatic heterocycles. The molecule has 1 unspecified atom stereocenters. The Kier molecular flexibility index (Phi) is 4.13. The van der Waals surface area contributed by atoms with Gasteiger partial charge in [-0.1, -0.05) is 0 Å². The van der Waals surface area contributed by atoms with E-state index in [-0.39, 0.29) is 46.4 Å². The van der Waals surface area contributed by atoms with Crippen molar-refractivity contribution >= 4 is 11.6 Å². The van der Waals surface area contributed by atoms with E-state index in [1.54, 1.807) is 0 Å². The SMILES string of the molecule is COc1cc2c(c(O)c1C1CCC[NH2+]1)C(=O)c1c(O)cc(CO)cc1C2=O. The molecule has 7 heteroatoms. The lowest BCUT2D eigenvalue weighted by Gasteiger charge is -2.23. The van der Waals surface area contributed by atoms with Crippen LogP contribution in [0.25, 0.3) is 0 Å². The van der Waals surface area contributed by atoms with E-state index in [2.05, 4.69) is 5.32 Å². The number of ketones is 2. The van der Waals surface area contributed by atoms with E-state index in [0.717, 1.165) is 19.4 Å². The van der Waals surface area contributed by atoms with Crippen LogP contribution in [0.1, 0.15) is 61.9 Å². The number of fused-ring (bicyclic) bond motifs is 2. The van der Waals surface area contributed by atoms with Crippen LogP contribution in [-0.4, -0.2) is 40.5 Å². The molecule has 0 radical (unpaired) electrons. The number of ether oxygens (including phenoxy) is 1. The minimum absolute atomic E-state index is 0.0122. The molecule has 1 aliphatic carbocycles. The third-order valence-electron chi connectivity index (χ3n) is 5.37. The first-order valence-corrected chi connectivity index (χ1v) is 8.81. The average molecular weight is 370 g/mol. The van der Waals surface area contributed by atoms with Gasteiger partial charge < -0.3 is 25.4 Å². The van der Waals surface area contributed by atoms with E-state index in [1.807, 2.05) is 0 Å². The highest BCUT2D eigenvalue weighted by Crippen LogP contribution is 2.44. The summed E-state index contributed by atoms with van der Waals surface area (Å²) in [6, 6.07) is 4.07. The van der Waals surface area contributed by atoms with Gasteiger partial charge in [0, 0.05) is 24.0 Å². The Morgan fingerprint density at radius 2 is 1.85 bits per heavy atom. The maximum Gasteiger partial charge on any atom is 0.201 e. The van der Waals surface area contributed by atoms with Gasteiger partial charge in [-0.25, -0.2) is 0 Å². The average Bonchev–Trinajstić information content (AvgIpc) is 3.18. The Bertz CT molecular complexity index is 975. The molecule has 0 spiro atoms. The molecular weight excluding hydrogens is 350 g/mol. The molecule has 0 amide bonds. The van der Waals surface area contributed by atoms with Crippen LogP contribution in [0.5, 0.6) is 17.2 Å². The van der Waals surface area contributed by atoms with Gasteiger partial charge in [0.25, 0.3) is 0 Å². The summed E-state index contributed by atoms with van der Waals surface area (Å²) in [6.07, 6.45) is 1.80. The maximum atomic E-state index is 13.1. The summed E-state index contributed by atoms with van der Waals surface area (Å²) >= 11 is 0. The fourth-order valence-electron chi connectivity index (χ4n) is 4.10. The number of phenols is 2. The van der Waals surface area contributed by atoms with Gasteiger partial charge in [-0.2, -0.15) is 0 Å². The molecule has 7 nitrogen and oxygen atoms in total. The lowest BCUT2D eigenvalue weighted by molar-refractivity contribution is -0.676. The predicted octanol–water partition coefficient (Wildman–Crippen LogP) is 0.772. The van der Waals surface area contributed by atoms with Crippen molar-refractivity contribution in [2.75, 3.05) is 13.7 Å². The van der Waals surface area contributed by atoms with Crippen molar-refractivity contribution in [2.24, 2.45) is 0 Å². The van der Waals surface area contributed by atoms with Crippen LogP contribution in [0.15, 0.2) is 18.2 Å². The highest BCUT2D eigenvalue weighted by molar-refractivity contribution is 6.30. The van der Waals surface area contributed by atoms with Crippen molar-refractivity contribution in [2.45, 2.75) is 25.5 Å². The minimum Gasteiger partial charge on any atom is -0.507 e. The number of methoxy groups -OCH3 is 1. The van der Waals surface area contributed by atoms with Crippen LogP contribution >= 0.6 is 0 Å². The van der Waals surface area contributed by atoms with Gasteiger partial charge in [-0.3, -0.25) is 9.59 Å². The van der Waals surface area contributed by atoms with Crippen molar-refractivity contribution < 1.29 is 35.0 Å². The molecule has 2 aliphatic rings. The summed E-state index contributed by atoms with van der Waals surface area (Å²) in [6.45, 7) is 0.533. The zero-order chi connectivity index (χ0) is 19.3. The fraction of sp³-hybridized carbons (Fsp3) is 0.300. The van der Waals surface area contributed by atoms with Gasteiger partial charge in [0.05, 0.1) is 37.0 Å². The van der Waals surface area contributed by atoms with Crippen molar-refractivity contribution in [1.29, 1.82) is 0 Å². The molecule has 4 rings (SSSR count). The predicted molar refractivity (Wildman–Crippen MR) is 94.3 cm³/mol. The number of carbonyl (C=O) groups excluding carboxylic acids is 2. The van der Waals surface area contributed by atoms with E-state index in [4.69, 9.17) is 4.74 Å². The molecule has 1 atom stereocenters. The number of nitrogens with two attached hydrogens (primary N) is 1. The van der Waals surface area contributed by atoms with Crippen molar-refractivity contribution in [3.05, 3.63) is 51.6 Å². The Hall–Kier alpha value is -2.90. The van der Waals surface area contributed by atoms with Gasteiger partial charge in [0.2, 0.25) is 5.78 Å². The van der Waals surface area contributed by atoms with E-state index < -0.39 is 11.6 Å². The van der Waals surface area contributed by atoms with Crippen molar-refractivity contribution in [3.8, 4) is 17.2 Å². The minimum atomic E-state index is -0.610. The number of hydrogen-bond acceptors (Lipinski definition) is 6. The van der Waals surface area contributed by atoms with Crippen LogP contribution in [0.2, 0.25) is 0 Å². The number of hydrogen-bond donors (Lipinski definition) is 4. The summed E-state index contributed by atoms with van der Waals surface area (Å²) in [5.41, 5.74) is 0.632. The Labute approximate surface area is 155 Å². The Morgan fingerprint density at radius 3 is 2.48 bits per heavy atom. The number of carbonyl (C=O) groups is 2. The molecule has 1 heterocycles. The summed E-state index contributed by atoms with van der Waals surface area (Å²) in [7, 11) is 1.46.